The summed E-state index contributed by atoms with van der Waals surface area (Å²) in [6, 6.07) is 0. The number of rotatable bonds is 2. The zero-order valence-corrected chi connectivity index (χ0v) is 14.9. The summed E-state index contributed by atoms with van der Waals surface area (Å²) in [6.45, 7) is 5.80. The summed E-state index contributed by atoms with van der Waals surface area (Å²) in [5, 5.41) is 0. The molecule has 2 nitrogen and oxygen atoms in total. The van der Waals surface area contributed by atoms with E-state index in [2.05, 4.69) is 22.6 Å². The highest BCUT2D eigenvalue weighted by Gasteiger charge is 2.65. The zero-order chi connectivity index (χ0) is 14.5. The lowest BCUT2D eigenvalue weighted by molar-refractivity contribution is -0.148. The quantitative estimate of drug-likeness (QED) is 0.301. The molecule has 3 fully saturated rings. The van der Waals surface area contributed by atoms with Crippen molar-refractivity contribution in [2.24, 2.45) is 23.2 Å². The van der Waals surface area contributed by atoms with Crippen molar-refractivity contribution in [1.29, 1.82) is 0 Å². The van der Waals surface area contributed by atoms with Crippen molar-refractivity contribution in [2.75, 3.05) is 4.43 Å². The van der Waals surface area contributed by atoms with E-state index in [9.17, 15) is 4.79 Å². The Kier molecular flexibility index (Phi) is 3.71. The number of hydrogen-bond acceptors (Lipinski definition) is 2. The van der Waals surface area contributed by atoms with E-state index in [4.69, 9.17) is 4.74 Å². The smallest absolute Gasteiger partial charge is 0.331 e. The molecule has 3 aliphatic carbocycles. The van der Waals surface area contributed by atoms with Gasteiger partial charge >= 0.3 is 5.97 Å². The van der Waals surface area contributed by atoms with E-state index in [1.165, 1.54) is 35.7 Å². The Morgan fingerprint density at radius 3 is 2.85 bits per heavy atom. The van der Waals surface area contributed by atoms with Crippen LogP contribution in [0.2, 0.25) is 0 Å². The second-order valence-electron chi connectivity index (χ2n) is 7.80. The third kappa shape index (κ3) is 2.24. The van der Waals surface area contributed by atoms with Gasteiger partial charge < -0.3 is 4.74 Å². The summed E-state index contributed by atoms with van der Waals surface area (Å²) >= 11 is 2.57. The second-order valence-corrected chi connectivity index (χ2v) is 8.56. The van der Waals surface area contributed by atoms with Crippen LogP contribution in [0.5, 0.6) is 0 Å². The summed E-state index contributed by atoms with van der Waals surface area (Å²) in [5.41, 5.74) is 1.53. The number of halogens is 1. The Morgan fingerprint density at radius 1 is 1.45 bits per heavy atom. The zero-order valence-electron chi connectivity index (χ0n) is 12.7. The molecule has 112 valence electrons. The van der Waals surface area contributed by atoms with Crippen molar-refractivity contribution in [2.45, 2.75) is 58.5 Å². The standard InChI is InChI=1S/C17H25IO2/c1-16(2,3)20-14(19)9-11-7-8-17(10-18)13-6-4-5-12(13)15(11)17/h9,12-13,15H,4-8,10H2,1-3H3/b11-9+. The van der Waals surface area contributed by atoms with E-state index in [0.717, 1.165) is 18.3 Å². The average Bonchev–Trinajstić information content (AvgIpc) is 2.83. The van der Waals surface area contributed by atoms with Crippen LogP contribution < -0.4 is 0 Å². The lowest BCUT2D eigenvalue weighted by Gasteiger charge is -2.56. The third-order valence-corrected chi connectivity index (χ3v) is 7.01. The molecule has 4 atom stereocenters. The number of carbonyl (C=O) groups excluding carboxylic acids is 1. The van der Waals surface area contributed by atoms with Crippen LogP contribution in [-0.2, 0) is 9.53 Å². The van der Waals surface area contributed by atoms with Crippen LogP contribution in [0.25, 0.3) is 0 Å². The minimum atomic E-state index is -0.386. The molecule has 3 heteroatoms. The van der Waals surface area contributed by atoms with Gasteiger partial charge in [0, 0.05) is 10.5 Å². The van der Waals surface area contributed by atoms with Crippen LogP contribution in [0.15, 0.2) is 11.6 Å². The molecule has 0 aromatic heterocycles. The summed E-state index contributed by atoms with van der Waals surface area (Å²) in [5.74, 6) is 2.34. The van der Waals surface area contributed by atoms with Crippen LogP contribution in [0.3, 0.4) is 0 Å². The van der Waals surface area contributed by atoms with Crippen molar-refractivity contribution < 1.29 is 9.53 Å². The van der Waals surface area contributed by atoms with E-state index in [0.29, 0.717) is 11.3 Å². The highest BCUT2D eigenvalue weighted by atomic mass is 127. The second kappa shape index (κ2) is 4.99. The molecule has 0 amide bonds. The van der Waals surface area contributed by atoms with Crippen LogP contribution in [0, 0.1) is 23.2 Å². The van der Waals surface area contributed by atoms with Gasteiger partial charge in [-0.1, -0.05) is 34.6 Å². The Balaban J connectivity index is 1.78. The Labute approximate surface area is 135 Å². The maximum absolute atomic E-state index is 12.1. The first kappa shape index (κ1) is 14.9. The van der Waals surface area contributed by atoms with Crippen LogP contribution in [0.4, 0.5) is 0 Å². The number of ether oxygens (including phenoxy) is 1. The summed E-state index contributed by atoms with van der Waals surface area (Å²) in [4.78, 5) is 12.1. The van der Waals surface area contributed by atoms with Crippen molar-refractivity contribution in [3.63, 3.8) is 0 Å². The van der Waals surface area contributed by atoms with Gasteiger partial charge in [-0.3, -0.25) is 0 Å². The molecule has 0 saturated heterocycles. The molecule has 0 aromatic rings. The maximum atomic E-state index is 12.1. The fourth-order valence-corrected chi connectivity index (χ4v) is 6.47. The molecule has 20 heavy (non-hydrogen) atoms. The first-order chi connectivity index (χ1) is 9.37. The first-order valence-corrected chi connectivity index (χ1v) is 9.39. The van der Waals surface area contributed by atoms with E-state index in [-0.39, 0.29) is 11.6 Å². The molecular formula is C17H25IO2. The SMILES string of the molecule is CC(C)(C)OC(=O)/C=C1\CCC2(CI)C3CCCC3C12. The summed E-state index contributed by atoms with van der Waals surface area (Å²) in [7, 11) is 0. The molecule has 0 aromatic carbocycles. The third-order valence-electron chi connectivity index (χ3n) is 5.59. The van der Waals surface area contributed by atoms with Gasteiger partial charge in [-0.25, -0.2) is 4.79 Å². The van der Waals surface area contributed by atoms with E-state index < -0.39 is 0 Å². The topological polar surface area (TPSA) is 26.3 Å². The van der Waals surface area contributed by atoms with Crippen molar-refractivity contribution >= 4 is 28.6 Å². The van der Waals surface area contributed by atoms with Gasteiger partial charge in [-0.05, 0) is 69.6 Å². The van der Waals surface area contributed by atoms with Gasteiger partial charge in [0.1, 0.15) is 5.60 Å². The normalized spacial score (nSPS) is 41.2. The van der Waals surface area contributed by atoms with Crippen LogP contribution >= 0.6 is 22.6 Å². The number of alkyl halides is 1. The molecule has 0 spiro atoms. The predicted molar refractivity (Wildman–Crippen MR) is 88.8 cm³/mol. The van der Waals surface area contributed by atoms with Crippen molar-refractivity contribution in [3.05, 3.63) is 11.6 Å². The van der Waals surface area contributed by atoms with E-state index >= 15 is 0 Å². The lowest BCUT2D eigenvalue weighted by Crippen LogP contribution is -2.53. The van der Waals surface area contributed by atoms with Crippen molar-refractivity contribution in [3.8, 4) is 0 Å². The van der Waals surface area contributed by atoms with Crippen LogP contribution in [0.1, 0.15) is 52.9 Å². The number of fused-ring (bicyclic) bond motifs is 4. The number of esters is 1. The lowest BCUT2D eigenvalue weighted by atomic mass is 9.49. The number of allylic oxidation sites excluding steroid dienone is 1. The molecule has 3 saturated carbocycles. The molecule has 3 rings (SSSR count). The predicted octanol–water partition coefficient (Wildman–Crippen LogP) is 4.52. The molecule has 0 bridgehead atoms. The Bertz CT molecular complexity index is 448. The highest BCUT2D eigenvalue weighted by Crippen LogP contribution is 2.71. The molecule has 3 aliphatic rings. The van der Waals surface area contributed by atoms with Gasteiger partial charge in [-0.15, -0.1) is 0 Å². The van der Waals surface area contributed by atoms with Gasteiger partial charge in [0.2, 0.25) is 0 Å². The summed E-state index contributed by atoms with van der Waals surface area (Å²) in [6.07, 6.45) is 8.42. The van der Waals surface area contributed by atoms with Gasteiger partial charge in [-0.2, -0.15) is 0 Å². The van der Waals surface area contributed by atoms with E-state index in [1.54, 1.807) is 0 Å². The maximum Gasteiger partial charge on any atom is 0.331 e. The Hall–Kier alpha value is -0.0600. The fraction of sp³-hybridized carbons (Fsp3) is 0.824. The van der Waals surface area contributed by atoms with Gasteiger partial charge in [0.05, 0.1) is 0 Å². The minimum absolute atomic E-state index is 0.141. The van der Waals surface area contributed by atoms with E-state index in [1.807, 2.05) is 26.8 Å². The van der Waals surface area contributed by atoms with Crippen molar-refractivity contribution in [1.82, 2.24) is 0 Å². The summed E-state index contributed by atoms with van der Waals surface area (Å²) < 4.78 is 6.72. The monoisotopic (exact) mass is 388 g/mol. The molecule has 0 N–H and O–H groups in total. The first-order valence-electron chi connectivity index (χ1n) is 7.87. The van der Waals surface area contributed by atoms with Crippen LogP contribution in [-0.4, -0.2) is 16.0 Å². The minimum Gasteiger partial charge on any atom is -0.457 e. The fourth-order valence-electron chi connectivity index (χ4n) is 5.05. The molecule has 0 aliphatic heterocycles. The van der Waals surface area contributed by atoms with Gasteiger partial charge in [0.25, 0.3) is 0 Å². The molecular weight excluding hydrogens is 363 g/mol. The average molecular weight is 388 g/mol. The highest BCUT2D eigenvalue weighted by molar-refractivity contribution is 14.1. The number of carbonyl (C=O) groups is 1. The van der Waals surface area contributed by atoms with Gasteiger partial charge in [0.15, 0.2) is 0 Å². The largest absolute Gasteiger partial charge is 0.457 e. The molecule has 4 unspecified atom stereocenters. The Morgan fingerprint density at radius 2 is 2.20 bits per heavy atom. The number of hydrogen-bond donors (Lipinski definition) is 0. The molecule has 0 radical (unpaired) electrons. The molecule has 0 heterocycles.